The van der Waals surface area contributed by atoms with Crippen LogP contribution in [0.1, 0.15) is 37.6 Å². The lowest BCUT2D eigenvalue weighted by Gasteiger charge is -2.32. The largest absolute Gasteiger partial charge is 0.497 e. The third kappa shape index (κ3) is 4.36. The quantitative estimate of drug-likeness (QED) is 0.832. The van der Waals surface area contributed by atoms with E-state index < -0.39 is 0 Å². The van der Waals surface area contributed by atoms with Gasteiger partial charge >= 0.3 is 0 Å². The number of amides is 1. The summed E-state index contributed by atoms with van der Waals surface area (Å²) in [6.45, 7) is 6.16. The number of quaternary nitrogens is 1. The molecule has 4 rings (SSSR count). The average molecular weight is 398 g/mol. The number of ether oxygens (including phenoxy) is 2. The highest BCUT2D eigenvalue weighted by Gasteiger charge is 2.37. The van der Waals surface area contributed by atoms with Gasteiger partial charge in [0.2, 0.25) is 0 Å². The van der Waals surface area contributed by atoms with Crippen molar-refractivity contribution in [1.29, 1.82) is 0 Å². The molecule has 0 unspecified atom stereocenters. The molecule has 1 amide bonds. The minimum Gasteiger partial charge on any atom is -0.497 e. The minimum absolute atomic E-state index is 0.00575. The predicted octanol–water partition coefficient (Wildman–Crippen LogP) is 1.66. The van der Waals surface area contributed by atoms with Gasteiger partial charge in [0.25, 0.3) is 5.91 Å². The Morgan fingerprint density at radius 2 is 1.93 bits per heavy atom. The van der Waals surface area contributed by atoms with Crippen LogP contribution in [-0.2, 0) is 9.53 Å². The number of hydrogen-bond acceptors (Lipinski definition) is 5. The van der Waals surface area contributed by atoms with Gasteiger partial charge < -0.3 is 18.8 Å². The van der Waals surface area contributed by atoms with Crippen LogP contribution in [0.25, 0.3) is 0 Å². The first kappa shape index (κ1) is 19.7. The molecule has 0 radical (unpaired) electrons. The van der Waals surface area contributed by atoms with Gasteiger partial charge in [0.15, 0.2) is 6.54 Å². The minimum atomic E-state index is -0.218. The maximum atomic E-state index is 13.2. The molecule has 154 valence electrons. The summed E-state index contributed by atoms with van der Waals surface area (Å²) in [6.07, 6.45) is 2.57. The number of nitrogens with one attached hydrogen (secondary N) is 1. The van der Waals surface area contributed by atoms with Crippen molar-refractivity contribution in [3.05, 3.63) is 54.0 Å². The molecule has 1 aromatic heterocycles. The second-order valence-electron chi connectivity index (χ2n) is 7.84. The number of nitrogens with zero attached hydrogens (tertiary/aromatic N) is 2. The average Bonchev–Trinajstić information content (AvgIpc) is 3.37. The molecule has 3 heterocycles. The summed E-state index contributed by atoms with van der Waals surface area (Å²) in [5, 5.41) is 6.32. The van der Waals surface area contributed by atoms with Crippen molar-refractivity contribution < 1.29 is 23.6 Å². The maximum Gasteiger partial charge on any atom is 0.298 e. The zero-order chi connectivity index (χ0) is 20.4. The first-order chi connectivity index (χ1) is 14.0. The first-order valence-electron chi connectivity index (χ1n) is 10.1. The van der Waals surface area contributed by atoms with Gasteiger partial charge in [0.05, 0.1) is 19.1 Å². The third-order valence-corrected chi connectivity index (χ3v) is 5.48. The Bertz CT molecular complexity index is 853. The van der Waals surface area contributed by atoms with E-state index in [1.165, 1.54) is 4.90 Å². The zero-order valence-electron chi connectivity index (χ0n) is 17.1. The van der Waals surface area contributed by atoms with Crippen molar-refractivity contribution in [3.8, 4) is 5.75 Å². The molecule has 7 nitrogen and oxygen atoms in total. The lowest BCUT2D eigenvalue weighted by molar-refractivity contribution is -0.907. The fourth-order valence-corrected chi connectivity index (χ4v) is 4.23. The Hall–Kier alpha value is -2.64. The van der Waals surface area contributed by atoms with E-state index >= 15 is 0 Å². The van der Waals surface area contributed by atoms with Crippen LogP contribution >= 0.6 is 0 Å². The van der Waals surface area contributed by atoms with Crippen LogP contribution < -0.4 is 9.64 Å². The van der Waals surface area contributed by atoms with E-state index in [1.54, 1.807) is 18.4 Å². The van der Waals surface area contributed by atoms with Crippen LogP contribution in [-0.4, -0.2) is 55.6 Å². The zero-order valence-corrected chi connectivity index (χ0v) is 17.1. The summed E-state index contributed by atoms with van der Waals surface area (Å²) in [7, 11) is 1.64. The van der Waals surface area contributed by atoms with Gasteiger partial charge in [0, 0.05) is 6.42 Å². The van der Waals surface area contributed by atoms with Gasteiger partial charge in [0.1, 0.15) is 42.8 Å². The molecule has 7 heteroatoms. The lowest BCUT2D eigenvalue weighted by atomic mass is 10.0. The van der Waals surface area contributed by atoms with Crippen molar-refractivity contribution in [3.63, 3.8) is 0 Å². The summed E-state index contributed by atoms with van der Waals surface area (Å²) in [5.74, 6) is 1.55. The molecule has 1 aromatic carbocycles. The van der Waals surface area contributed by atoms with Crippen LogP contribution in [0.2, 0.25) is 0 Å². The van der Waals surface area contributed by atoms with E-state index in [4.69, 9.17) is 19.0 Å². The Kier molecular flexibility index (Phi) is 5.69. The molecule has 1 fully saturated rings. The molecule has 0 aliphatic carbocycles. The normalized spacial score (nSPS) is 27.0. The predicted molar refractivity (Wildman–Crippen MR) is 108 cm³/mol. The Labute approximate surface area is 170 Å². The van der Waals surface area contributed by atoms with Crippen molar-refractivity contribution in [2.75, 3.05) is 26.7 Å². The summed E-state index contributed by atoms with van der Waals surface area (Å²) < 4.78 is 16.7. The highest BCUT2D eigenvalue weighted by atomic mass is 16.5. The van der Waals surface area contributed by atoms with Crippen LogP contribution in [0.4, 0.5) is 0 Å². The van der Waals surface area contributed by atoms with Gasteiger partial charge in [-0.2, -0.15) is 5.10 Å². The van der Waals surface area contributed by atoms with E-state index in [9.17, 15) is 4.79 Å². The SMILES string of the molecule is COc1ccc(C2=NN(C(=O)C[NH+]3C[C@@H](C)O[C@H](C)C3)[C@H](c3ccco3)C2)cc1. The monoisotopic (exact) mass is 398 g/mol. The number of morpholine rings is 1. The lowest BCUT2D eigenvalue weighted by Crippen LogP contribution is -3.16. The van der Waals surface area contributed by atoms with Crippen molar-refractivity contribution in [2.24, 2.45) is 5.10 Å². The molecule has 3 atom stereocenters. The number of carbonyl (C=O) groups excluding carboxylic acids is 1. The molecular weight excluding hydrogens is 370 g/mol. The summed E-state index contributed by atoms with van der Waals surface area (Å²) >= 11 is 0. The van der Waals surface area contributed by atoms with Crippen LogP contribution in [0, 0.1) is 0 Å². The van der Waals surface area contributed by atoms with Gasteiger partial charge in [-0.1, -0.05) is 0 Å². The maximum absolute atomic E-state index is 13.2. The molecular formula is C22H28N3O4+. The Morgan fingerprint density at radius 3 is 2.55 bits per heavy atom. The summed E-state index contributed by atoms with van der Waals surface area (Å²) in [5.41, 5.74) is 1.86. The van der Waals surface area contributed by atoms with E-state index in [1.807, 2.05) is 36.4 Å². The molecule has 0 bridgehead atoms. The molecule has 2 aliphatic heterocycles. The van der Waals surface area contributed by atoms with Crippen LogP contribution in [0.15, 0.2) is 52.2 Å². The summed E-state index contributed by atoms with van der Waals surface area (Å²) in [6, 6.07) is 11.3. The molecule has 0 saturated carbocycles. The van der Waals surface area contributed by atoms with E-state index in [2.05, 4.69) is 13.8 Å². The number of hydrazone groups is 1. The smallest absolute Gasteiger partial charge is 0.298 e. The van der Waals surface area contributed by atoms with Crippen LogP contribution in [0.3, 0.4) is 0 Å². The highest BCUT2D eigenvalue weighted by Crippen LogP contribution is 2.33. The van der Waals surface area contributed by atoms with E-state index in [0.29, 0.717) is 13.0 Å². The second-order valence-corrected chi connectivity index (χ2v) is 7.84. The molecule has 1 N–H and O–H groups in total. The topological polar surface area (TPSA) is 68.7 Å². The number of methoxy groups -OCH3 is 1. The molecule has 29 heavy (non-hydrogen) atoms. The van der Waals surface area contributed by atoms with Gasteiger partial charge in [-0.25, -0.2) is 5.01 Å². The van der Waals surface area contributed by atoms with Gasteiger partial charge in [-0.05, 0) is 55.8 Å². The molecule has 0 spiro atoms. The second kappa shape index (κ2) is 8.39. The van der Waals surface area contributed by atoms with Crippen molar-refractivity contribution >= 4 is 11.6 Å². The third-order valence-electron chi connectivity index (χ3n) is 5.48. The number of benzene rings is 1. The van der Waals surface area contributed by atoms with Crippen LogP contribution in [0.5, 0.6) is 5.75 Å². The first-order valence-corrected chi connectivity index (χ1v) is 10.1. The fourth-order valence-electron chi connectivity index (χ4n) is 4.23. The number of carbonyl (C=O) groups is 1. The number of hydrogen-bond donors (Lipinski definition) is 1. The fraction of sp³-hybridized carbons (Fsp3) is 0.455. The Balaban J connectivity index is 1.55. The van der Waals surface area contributed by atoms with Crippen molar-refractivity contribution in [1.82, 2.24) is 5.01 Å². The van der Waals surface area contributed by atoms with E-state index in [0.717, 1.165) is 35.9 Å². The number of rotatable bonds is 5. The van der Waals surface area contributed by atoms with Crippen molar-refractivity contribution in [2.45, 2.75) is 38.5 Å². The van der Waals surface area contributed by atoms with Gasteiger partial charge in [-0.3, -0.25) is 4.79 Å². The Morgan fingerprint density at radius 1 is 1.21 bits per heavy atom. The number of furan rings is 1. The van der Waals surface area contributed by atoms with E-state index in [-0.39, 0.29) is 24.2 Å². The summed E-state index contributed by atoms with van der Waals surface area (Å²) in [4.78, 5) is 14.4. The molecule has 2 aromatic rings. The molecule has 1 saturated heterocycles. The highest BCUT2D eigenvalue weighted by molar-refractivity contribution is 6.03. The molecule has 2 aliphatic rings. The standard InChI is InChI=1S/C22H27N3O4/c1-15-12-24(13-16(2)29-15)14-22(26)25-20(21-5-4-10-28-21)11-19(23-25)17-6-8-18(27-3)9-7-17/h4-10,15-16,20H,11-14H2,1-3H3/p+1/t15-,16-,20+/m1/s1. The van der Waals surface area contributed by atoms with Gasteiger partial charge in [-0.15, -0.1) is 0 Å².